The molecule has 1 aliphatic rings. The molecule has 120 valence electrons. The van der Waals surface area contributed by atoms with Crippen molar-refractivity contribution in [1.82, 2.24) is 15.5 Å². The standard InChI is InChI=1S/C17H25N3O2/c1-3-20-10-4-5-15(20)12-19-17(22)16(21)18-11-14-8-6-13(2)7-9-14/h6-9,15H,3-5,10-12H2,1-2H3,(H,18,21)(H,19,22)/t15-/m0/s1. The minimum absolute atomic E-state index is 0.360. The van der Waals surface area contributed by atoms with Gasteiger partial charge in [-0.2, -0.15) is 0 Å². The monoisotopic (exact) mass is 303 g/mol. The summed E-state index contributed by atoms with van der Waals surface area (Å²) in [4.78, 5) is 26.0. The van der Waals surface area contributed by atoms with Crippen molar-refractivity contribution >= 4 is 11.8 Å². The fourth-order valence-electron chi connectivity index (χ4n) is 2.80. The number of nitrogens with one attached hydrogen (secondary N) is 2. The highest BCUT2D eigenvalue weighted by Gasteiger charge is 2.24. The van der Waals surface area contributed by atoms with Crippen molar-refractivity contribution in [3.8, 4) is 0 Å². The Labute approximate surface area is 132 Å². The zero-order valence-electron chi connectivity index (χ0n) is 13.4. The molecule has 5 heteroatoms. The topological polar surface area (TPSA) is 61.4 Å². The predicted molar refractivity (Wildman–Crippen MR) is 86.3 cm³/mol. The Morgan fingerprint density at radius 3 is 2.55 bits per heavy atom. The molecule has 1 atom stereocenters. The third kappa shape index (κ3) is 4.56. The molecule has 2 rings (SSSR count). The molecule has 0 aliphatic carbocycles. The Balaban J connectivity index is 1.72. The zero-order valence-corrected chi connectivity index (χ0v) is 13.4. The lowest BCUT2D eigenvalue weighted by molar-refractivity contribution is -0.139. The Morgan fingerprint density at radius 2 is 1.86 bits per heavy atom. The van der Waals surface area contributed by atoms with Gasteiger partial charge >= 0.3 is 11.8 Å². The Bertz CT molecular complexity index is 513. The summed E-state index contributed by atoms with van der Waals surface area (Å²) in [7, 11) is 0. The molecule has 1 saturated heterocycles. The summed E-state index contributed by atoms with van der Waals surface area (Å²) in [6.45, 7) is 7.12. The molecule has 0 aromatic heterocycles. The van der Waals surface area contributed by atoms with Gasteiger partial charge in [-0.05, 0) is 38.4 Å². The van der Waals surface area contributed by atoms with Gasteiger partial charge in [-0.25, -0.2) is 0 Å². The van der Waals surface area contributed by atoms with Gasteiger partial charge in [0.2, 0.25) is 0 Å². The SMILES string of the molecule is CCN1CCC[C@H]1CNC(=O)C(=O)NCc1ccc(C)cc1. The van der Waals surface area contributed by atoms with Crippen LogP contribution >= 0.6 is 0 Å². The van der Waals surface area contributed by atoms with Gasteiger partial charge in [-0.1, -0.05) is 36.8 Å². The van der Waals surface area contributed by atoms with Gasteiger partial charge in [-0.3, -0.25) is 14.5 Å². The highest BCUT2D eigenvalue weighted by atomic mass is 16.2. The molecular weight excluding hydrogens is 278 g/mol. The quantitative estimate of drug-likeness (QED) is 0.804. The van der Waals surface area contributed by atoms with Crippen molar-refractivity contribution in [2.45, 2.75) is 39.3 Å². The van der Waals surface area contributed by atoms with Gasteiger partial charge in [0, 0.05) is 19.1 Å². The maximum absolute atomic E-state index is 11.8. The van der Waals surface area contributed by atoms with Crippen molar-refractivity contribution in [3.05, 3.63) is 35.4 Å². The fraction of sp³-hybridized carbons (Fsp3) is 0.529. The van der Waals surface area contributed by atoms with Crippen LogP contribution in [0.5, 0.6) is 0 Å². The lowest BCUT2D eigenvalue weighted by Crippen LogP contribution is -2.45. The number of hydrogen-bond donors (Lipinski definition) is 2. The Kier molecular flexibility index (Phi) is 5.95. The van der Waals surface area contributed by atoms with E-state index in [1.54, 1.807) is 0 Å². The average molecular weight is 303 g/mol. The smallest absolute Gasteiger partial charge is 0.309 e. The van der Waals surface area contributed by atoms with Crippen LogP contribution in [0.3, 0.4) is 0 Å². The van der Waals surface area contributed by atoms with E-state index in [-0.39, 0.29) is 0 Å². The van der Waals surface area contributed by atoms with Crippen molar-refractivity contribution in [3.63, 3.8) is 0 Å². The second-order valence-corrected chi connectivity index (χ2v) is 5.80. The second-order valence-electron chi connectivity index (χ2n) is 5.80. The van der Waals surface area contributed by atoms with Crippen molar-refractivity contribution in [2.24, 2.45) is 0 Å². The first-order valence-electron chi connectivity index (χ1n) is 7.95. The van der Waals surface area contributed by atoms with Gasteiger partial charge in [0.05, 0.1) is 0 Å². The number of carbonyl (C=O) groups excluding carboxylic acids is 2. The maximum Gasteiger partial charge on any atom is 0.309 e. The molecular formula is C17H25N3O2. The number of likely N-dealkylation sites (N-methyl/N-ethyl adjacent to an activating group) is 1. The van der Waals surface area contributed by atoms with Crippen LogP contribution in [0.4, 0.5) is 0 Å². The van der Waals surface area contributed by atoms with Gasteiger partial charge in [-0.15, -0.1) is 0 Å². The zero-order chi connectivity index (χ0) is 15.9. The van der Waals surface area contributed by atoms with E-state index in [9.17, 15) is 9.59 Å². The number of hydrogen-bond acceptors (Lipinski definition) is 3. The maximum atomic E-state index is 11.8. The van der Waals surface area contributed by atoms with Crippen LogP contribution in [0.25, 0.3) is 0 Å². The van der Waals surface area contributed by atoms with E-state index in [2.05, 4.69) is 22.5 Å². The predicted octanol–water partition coefficient (Wildman–Crippen LogP) is 1.21. The summed E-state index contributed by atoms with van der Waals surface area (Å²) >= 11 is 0. The highest BCUT2D eigenvalue weighted by Crippen LogP contribution is 2.15. The molecule has 2 N–H and O–H groups in total. The highest BCUT2D eigenvalue weighted by molar-refractivity contribution is 6.35. The molecule has 22 heavy (non-hydrogen) atoms. The van der Waals surface area contributed by atoms with Crippen LogP contribution in [0.1, 0.15) is 30.9 Å². The Morgan fingerprint density at radius 1 is 1.18 bits per heavy atom. The van der Waals surface area contributed by atoms with Crippen LogP contribution in [-0.2, 0) is 16.1 Å². The van der Waals surface area contributed by atoms with Crippen LogP contribution in [0.2, 0.25) is 0 Å². The Hall–Kier alpha value is -1.88. The number of nitrogens with zero attached hydrogens (tertiary/aromatic N) is 1. The molecule has 0 unspecified atom stereocenters. The van der Waals surface area contributed by atoms with E-state index in [0.717, 1.165) is 31.5 Å². The van der Waals surface area contributed by atoms with Gasteiger partial charge in [0.25, 0.3) is 0 Å². The fourth-order valence-corrected chi connectivity index (χ4v) is 2.80. The van der Waals surface area contributed by atoms with E-state index in [0.29, 0.717) is 19.1 Å². The molecule has 1 aromatic carbocycles. The van der Waals surface area contributed by atoms with Crippen LogP contribution in [-0.4, -0.2) is 42.4 Å². The lowest BCUT2D eigenvalue weighted by Gasteiger charge is -2.22. The molecule has 5 nitrogen and oxygen atoms in total. The molecule has 0 bridgehead atoms. The second kappa shape index (κ2) is 7.94. The first-order chi connectivity index (χ1) is 10.6. The summed E-state index contributed by atoms with van der Waals surface area (Å²) < 4.78 is 0. The third-order valence-corrected chi connectivity index (χ3v) is 4.18. The summed E-state index contributed by atoms with van der Waals surface area (Å²) in [5, 5.41) is 5.40. The molecule has 1 fully saturated rings. The first-order valence-corrected chi connectivity index (χ1v) is 7.95. The number of amides is 2. The van der Waals surface area contributed by atoms with Crippen molar-refractivity contribution in [2.75, 3.05) is 19.6 Å². The number of benzene rings is 1. The average Bonchev–Trinajstić information content (AvgIpc) is 2.99. The molecule has 0 saturated carbocycles. The summed E-state index contributed by atoms with van der Waals surface area (Å²) in [6, 6.07) is 8.23. The molecule has 1 aliphatic heterocycles. The number of rotatable bonds is 5. The van der Waals surface area contributed by atoms with Crippen LogP contribution in [0.15, 0.2) is 24.3 Å². The largest absolute Gasteiger partial charge is 0.346 e. The van der Waals surface area contributed by atoms with Gasteiger partial charge < -0.3 is 10.6 Å². The third-order valence-electron chi connectivity index (χ3n) is 4.18. The van der Waals surface area contributed by atoms with Crippen molar-refractivity contribution in [1.29, 1.82) is 0 Å². The molecule has 0 radical (unpaired) electrons. The number of aryl methyl sites for hydroxylation is 1. The van der Waals surface area contributed by atoms with E-state index >= 15 is 0 Å². The summed E-state index contributed by atoms with van der Waals surface area (Å²) in [5.74, 6) is -1.11. The normalized spacial score (nSPS) is 18.2. The minimum Gasteiger partial charge on any atom is -0.346 e. The minimum atomic E-state index is -0.568. The summed E-state index contributed by atoms with van der Waals surface area (Å²) in [5.41, 5.74) is 2.16. The first kappa shape index (κ1) is 16.5. The number of carbonyl (C=O) groups is 2. The van der Waals surface area contributed by atoms with Crippen molar-refractivity contribution < 1.29 is 9.59 Å². The molecule has 1 aromatic rings. The van der Waals surface area contributed by atoms with E-state index in [4.69, 9.17) is 0 Å². The molecule has 2 amide bonds. The van der Waals surface area contributed by atoms with E-state index in [1.807, 2.05) is 31.2 Å². The van der Waals surface area contributed by atoms with E-state index in [1.165, 1.54) is 5.56 Å². The van der Waals surface area contributed by atoms with Crippen LogP contribution < -0.4 is 10.6 Å². The lowest BCUT2D eigenvalue weighted by atomic mass is 10.1. The van der Waals surface area contributed by atoms with Gasteiger partial charge in [0.1, 0.15) is 0 Å². The summed E-state index contributed by atoms with van der Waals surface area (Å²) in [6.07, 6.45) is 2.24. The molecule has 0 spiro atoms. The van der Waals surface area contributed by atoms with Gasteiger partial charge in [0.15, 0.2) is 0 Å². The number of likely N-dealkylation sites (tertiary alicyclic amines) is 1. The van der Waals surface area contributed by atoms with E-state index < -0.39 is 11.8 Å². The molecule has 1 heterocycles. The van der Waals surface area contributed by atoms with Crippen LogP contribution in [0, 0.1) is 6.92 Å².